The quantitative estimate of drug-likeness (QED) is 0.890. The molecule has 1 atom stereocenters. The van der Waals surface area contributed by atoms with E-state index in [1.54, 1.807) is 19.1 Å². The van der Waals surface area contributed by atoms with Crippen molar-refractivity contribution in [3.05, 3.63) is 70.3 Å². The van der Waals surface area contributed by atoms with Gasteiger partial charge in [0, 0.05) is 12.0 Å². The van der Waals surface area contributed by atoms with Crippen LogP contribution in [-0.2, 0) is 6.42 Å². The van der Waals surface area contributed by atoms with Gasteiger partial charge in [0.05, 0.1) is 6.10 Å². The molecule has 2 aromatic carbocycles. The summed E-state index contributed by atoms with van der Waals surface area (Å²) in [6, 6.07) is 9.11. The van der Waals surface area contributed by atoms with Crippen molar-refractivity contribution >= 4 is 0 Å². The van der Waals surface area contributed by atoms with Gasteiger partial charge < -0.3 is 5.11 Å². The number of aliphatic hydroxyl groups excluding tert-OH is 1. The molecule has 0 fully saturated rings. The Morgan fingerprint density at radius 2 is 1.68 bits per heavy atom. The summed E-state index contributed by atoms with van der Waals surface area (Å²) in [5, 5.41) is 10.2. The zero-order chi connectivity index (χ0) is 14.0. The normalized spacial score (nSPS) is 12.5. The van der Waals surface area contributed by atoms with E-state index in [0.717, 1.165) is 16.7 Å². The first kappa shape index (κ1) is 13.7. The van der Waals surface area contributed by atoms with Crippen molar-refractivity contribution in [1.82, 2.24) is 0 Å². The Kier molecular flexibility index (Phi) is 3.96. The molecule has 0 aliphatic rings. The Morgan fingerprint density at radius 1 is 1.05 bits per heavy atom. The highest BCUT2D eigenvalue weighted by atomic mass is 19.1. The highest BCUT2D eigenvalue weighted by Gasteiger charge is 2.16. The first-order valence-corrected chi connectivity index (χ1v) is 6.16. The van der Waals surface area contributed by atoms with Crippen molar-refractivity contribution in [1.29, 1.82) is 0 Å². The third-order valence-corrected chi connectivity index (χ3v) is 3.16. The molecule has 1 N–H and O–H groups in total. The summed E-state index contributed by atoms with van der Waals surface area (Å²) in [4.78, 5) is 0. The van der Waals surface area contributed by atoms with Crippen molar-refractivity contribution in [3.63, 3.8) is 0 Å². The predicted molar refractivity (Wildman–Crippen MR) is 70.9 cm³/mol. The number of aliphatic hydroxyl groups is 1. The molecule has 100 valence electrons. The van der Waals surface area contributed by atoms with Crippen LogP contribution in [0, 0.1) is 25.5 Å². The van der Waals surface area contributed by atoms with Gasteiger partial charge in [0.2, 0.25) is 0 Å². The van der Waals surface area contributed by atoms with Gasteiger partial charge in [-0.1, -0.05) is 18.2 Å². The SMILES string of the molecule is Cc1cc(C)c(C(O)Cc2ccc(F)cc2)c(F)c1. The van der Waals surface area contributed by atoms with E-state index >= 15 is 0 Å². The van der Waals surface area contributed by atoms with Crippen molar-refractivity contribution < 1.29 is 13.9 Å². The van der Waals surface area contributed by atoms with Crippen LogP contribution in [0.25, 0.3) is 0 Å². The lowest BCUT2D eigenvalue weighted by atomic mass is 9.96. The van der Waals surface area contributed by atoms with Crippen molar-refractivity contribution in [2.75, 3.05) is 0 Å². The summed E-state index contributed by atoms with van der Waals surface area (Å²) in [7, 11) is 0. The van der Waals surface area contributed by atoms with Crippen molar-refractivity contribution in [2.24, 2.45) is 0 Å². The number of aryl methyl sites for hydroxylation is 2. The van der Waals surface area contributed by atoms with E-state index in [0.29, 0.717) is 5.56 Å². The molecule has 0 saturated heterocycles. The largest absolute Gasteiger partial charge is 0.388 e. The fourth-order valence-electron chi connectivity index (χ4n) is 2.29. The Labute approximate surface area is 111 Å². The Balaban J connectivity index is 2.25. The minimum Gasteiger partial charge on any atom is -0.388 e. The number of hydrogen-bond donors (Lipinski definition) is 1. The molecule has 0 radical (unpaired) electrons. The highest BCUT2D eigenvalue weighted by molar-refractivity contribution is 5.34. The topological polar surface area (TPSA) is 20.2 Å². The van der Waals surface area contributed by atoms with Gasteiger partial charge in [-0.05, 0) is 48.7 Å². The minimum absolute atomic E-state index is 0.265. The van der Waals surface area contributed by atoms with Crippen LogP contribution < -0.4 is 0 Å². The van der Waals surface area contributed by atoms with Gasteiger partial charge in [0.1, 0.15) is 11.6 Å². The van der Waals surface area contributed by atoms with E-state index in [1.165, 1.54) is 18.2 Å². The molecule has 1 unspecified atom stereocenters. The summed E-state index contributed by atoms with van der Waals surface area (Å²) in [5.41, 5.74) is 2.64. The Morgan fingerprint density at radius 3 is 2.26 bits per heavy atom. The van der Waals surface area contributed by atoms with Gasteiger partial charge in [0.25, 0.3) is 0 Å². The van der Waals surface area contributed by atoms with Gasteiger partial charge in [-0.3, -0.25) is 0 Å². The number of benzene rings is 2. The summed E-state index contributed by atoms with van der Waals surface area (Å²) in [6.45, 7) is 3.59. The highest BCUT2D eigenvalue weighted by Crippen LogP contribution is 2.25. The first-order valence-electron chi connectivity index (χ1n) is 6.16. The fourth-order valence-corrected chi connectivity index (χ4v) is 2.29. The number of halogens is 2. The molecule has 0 aliphatic heterocycles. The summed E-state index contributed by atoms with van der Waals surface area (Å²) >= 11 is 0. The molecular formula is C16H16F2O. The third kappa shape index (κ3) is 3.18. The van der Waals surface area contributed by atoms with E-state index < -0.39 is 11.9 Å². The van der Waals surface area contributed by atoms with Crippen LogP contribution in [0.4, 0.5) is 8.78 Å². The summed E-state index contributed by atoms with van der Waals surface area (Å²) in [5.74, 6) is -0.719. The second-order valence-corrected chi connectivity index (χ2v) is 4.82. The van der Waals surface area contributed by atoms with Crippen LogP contribution in [0.3, 0.4) is 0 Å². The molecule has 0 aromatic heterocycles. The van der Waals surface area contributed by atoms with Crippen LogP contribution in [-0.4, -0.2) is 5.11 Å². The van der Waals surface area contributed by atoms with E-state index in [1.807, 2.05) is 13.0 Å². The fraction of sp³-hybridized carbons (Fsp3) is 0.250. The summed E-state index contributed by atoms with van der Waals surface area (Å²) in [6.07, 6.45) is -0.660. The molecule has 0 amide bonds. The molecule has 2 rings (SSSR count). The molecule has 2 aromatic rings. The molecule has 0 aliphatic carbocycles. The number of hydrogen-bond acceptors (Lipinski definition) is 1. The standard InChI is InChI=1S/C16H16F2O/c1-10-7-11(2)16(14(18)8-10)15(19)9-12-3-5-13(17)6-4-12/h3-8,15,19H,9H2,1-2H3. The second kappa shape index (κ2) is 5.49. The molecule has 0 heterocycles. The average molecular weight is 262 g/mol. The molecule has 0 spiro atoms. The zero-order valence-electron chi connectivity index (χ0n) is 11.0. The Bertz CT molecular complexity index is 553. The van der Waals surface area contributed by atoms with Crippen LogP contribution >= 0.6 is 0 Å². The maximum absolute atomic E-state index is 13.9. The molecule has 19 heavy (non-hydrogen) atoms. The lowest BCUT2D eigenvalue weighted by molar-refractivity contribution is 0.173. The predicted octanol–water partition coefficient (Wildman–Crippen LogP) is 3.86. The molecule has 0 bridgehead atoms. The van der Waals surface area contributed by atoms with E-state index in [-0.39, 0.29) is 12.2 Å². The maximum atomic E-state index is 13.9. The third-order valence-electron chi connectivity index (χ3n) is 3.16. The monoisotopic (exact) mass is 262 g/mol. The van der Waals surface area contributed by atoms with Crippen LogP contribution in [0.2, 0.25) is 0 Å². The molecular weight excluding hydrogens is 246 g/mol. The van der Waals surface area contributed by atoms with Gasteiger partial charge >= 0.3 is 0 Å². The van der Waals surface area contributed by atoms with Crippen molar-refractivity contribution in [2.45, 2.75) is 26.4 Å². The lowest BCUT2D eigenvalue weighted by Gasteiger charge is -2.15. The van der Waals surface area contributed by atoms with E-state index in [4.69, 9.17) is 0 Å². The second-order valence-electron chi connectivity index (χ2n) is 4.82. The molecule has 1 nitrogen and oxygen atoms in total. The molecule has 3 heteroatoms. The van der Waals surface area contributed by atoms with E-state index in [2.05, 4.69) is 0 Å². The van der Waals surface area contributed by atoms with Gasteiger partial charge in [0.15, 0.2) is 0 Å². The van der Waals surface area contributed by atoms with Crippen LogP contribution in [0.1, 0.15) is 28.4 Å². The summed E-state index contributed by atoms with van der Waals surface area (Å²) < 4.78 is 26.7. The zero-order valence-corrected chi connectivity index (χ0v) is 11.0. The maximum Gasteiger partial charge on any atom is 0.129 e. The van der Waals surface area contributed by atoms with Gasteiger partial charge in [-0.15, -0.1) is 0 Å². The van der Waals surface area contributed by atoms with Crippen LogP contribution in [0.5, 0.6) is 0 Å². The lowest BCUT2D eigenvalue weighted by Crippen LogP contribution is -2.07. The molecule has 0 saturated carbocycles. The smallest absolute Gasteiger partial charge is 0.129 e. The van der Waals surface area contributed by atoms with E-state index in [9.17, 15) is 13.9 Å². The van der Waals surface area contributed by atoms with Gasteiger partial charge in [-0.2, -0.15) is 0 Å². The number of rotatable bonds is 3. The Hall–Kier alpha value is -1.74. The van der Waals surface area contributed by atoms with Crippen LogP contribution in [0.15, 0.2) is 36.4 Å². The first-order chi connectivity index (χ1) is 8.97. The average Bonchev–Trinajstić information content (AvgIpc) is 2.30. The van der Waals surface area contributed by atoms with Crippen molar-refractivity contribution in [3.8, 4) is 0 Å². The minimum atomic E-state index is -0.925. The van der Waals surface area contributed by atoms with Gasteiger partial charge in [-0.25, -0.2) is 8.78 Å².